The van der Waals surface area contributed by atoms with E-state index < -0.39 is 9.84 Å². The highest BCUT2D eigenvalue weighted by molar-refractivity contribution is 7.91. The van der Waals surface area contributed by atoms with E-state index in [2.05, 4.69) is 9.97 Å². The molecule has 0 unspecified atom stereocenters. The van der Waals surface area contributed by atoms with E-state index in [4.69, 9.17) is 9.47 Å². The first kappa shape index (κ1) is 24.6. The highest BCUT2D eigenvalue weighted by Gasteiger charge is 2.24. The molecule has 0 atom stereocenters. The zero-order chi connectivity index (χ0) is 24.8. The number of fused-ring (bicyclic) bond motifs is 1. The summed E-state index contributed by atoms with van der Waals surface area (Å²) in [7, 11) is -2.15. The molecule has 0 saturated carbocycles. The molecular weight excluding hydrogens is 486 g/mol. The van der Waals surface area contributed by atoms with Crippen LogP contribution in [-0.4, -0.2) is 43.8 Å². The number of carbonyl (C=O) groups is 1. The van der Waals surface area contributed by atoms with E-state index in [1.807, 2.05) is 37.3 Å². The summed E-state index contributed by atoms with van der Waals surface area (Å²) in [6.45, 7) is 2.56. The molecule has 2 aromatic carbocycles. The Labute approximate surface area is 208 Å². The summed E-state index contributed by atoms with van der Waals surface area (Å²) >= 11 is 1.35. The summed E-state index contributed by atoms with van der Waals surface area (Å²) in [6, 6.07) is 17.2. The maximum atomic E-state index is 13.4. The molecule has 2 heterocycles. The normalized spacial score (nSPS) is 11.4. The largest absolute Gasteiger partial charge is 0.497 e. The van der Waals surface area contributed by atoms with Crippen LogP contribution in [0.2, 0.25) is 0 Å². The first-order valence-corrected chi connectivity index (χ1v) is 13.5. The number of thiazole rings is 1. The van der Waals surface area contributed by atoms with E-state index >= 15 is 0 Å². The molecule has 0 aliphatic carbocycles. The number of rotatable bonds is 10. The Morgan fingerprint density at radius 2 is 1.86 bits per heavy atom. The van der Waals surface area contributed by atoms with Crippen LogP contribution in [0.25, 0.3) is 10.2 Å². The molecule has 0 bridgehead atoms. The lowest BCUT2D eigenvalue weighted by Crippen LogP contribution is -2.32. The number of ether oxygens (including phenoxy) is 2. The van der Waals surface area contributed by atoms with Gasteiger partial charge in [0.1, 0.15) is 17.0 Å². The van der Waals surface area contributed by atoms with Crippen LogP contribution in [0.1, 0.15) is 19.0 Å². The predicted molar refractivity (Wildman–Crippen MR) is 136 cm³/mol. The number of methoxy groups -OCH3 is 1. The van der Waals surface area contributed by atoms with Crippen LogP contribution in [0, 0.1) is 0 Å². The average Bonchev–Trinajstić information content (AvgIpc) is 3.32. The smallest absolute Gasteiger partial charge is 0.230 e. The summed E-state index contributed by atoms with van der Waals surface area (Å²) in [4.78, 5) is 24.0. The fraction of sp³-hybridized carbons (Fsp3) is 0.240. The van der Waals surface area contributed by atoms with Gasteiger partial charge in [0.15, 0.2) is 15.0 Å². The van der Waals surface area contributed by atoms with Crippen molar-refractivity contribution in [2.75, 3.05) is 24.4 Å². The molecule has 0 aliphatic heterocycles. The summed E-state index contributed by atoms with van der Waals surface area (Å²) in [6.07, 6.45) is 1.45. The topological polar surface area (TPSA) is 98.7 Å². The molecule has 10 heteroatoms. The molecule has 0 spiro atoms. The third kappa shape index (κ3) is 5.77. The highest BCUT2D eigenvalue weighted by Crippen LogP contribution is 2.35. The maximum absolute atomic E-state index is 13.4. The average molecular weight is 512 g/mol. The van der Waals surface area contributed by atoms with Crippen molar-refractivity contribution < 1.29 is 22.7 Å². The molecular formula is C25H25N3O5S2. The van der Waals surface area contributed by atoms with Crippen LogP contribution in [0.3, 0.4) is 0 Å². The van der Waals surface area contributed by atoms with Gasteiger partial charge in [0.2, 0.25) is 5.91 Å². The number of amides is 1. The SMILES string of the molecule is CCOc1cccc2sc(N(Cc3ccccn3)C(=O)CCS(=O)(=O)c3ccc(OC)cc3)nc12. The molecule has 4 aromatic rings. The monoisotopic (exact) mass is 511 g/mol. The Morgan fingerprint density at radius 1 is 1.06 bits per heavy atom. The minimum absolute atomic E-state index is 0.142. The number of hydrogen-bond donors (Lipinski definition) is 0. The number of anilines is 1. The van der Waals surface area contributed by atoms with Crippen molar-refractivity contribution >= 4 is 42.4 Å². The van der Waals surface area contributed by atoms with E-state index in [1.54, 1.807) is 24.4 Å². The number of aromatic nitrogens is 2. The van der Waals surface area contributed by atoms with Gasteiger partial charge in [-0.25, -0.2) is 13.4 Å². The Kier molecular flexibility index (Phi) is 7.62. The Morgan fingerprint density at radius 3 is 2.54 bits per heavy atom. The fourth-order valence-electron chi connectivity index (χ4n) is 3.47. The van der Waals surface area contributed by atoms with Gasteiger partial charge in [-0.2, -0.15) is 0 Å². The van der Waals surface area contributed by atoms with E-state index in [1.165, 1.54) is 35.5 Å². The van der Waals surface area contributed by atoms with Gasteiger partial charge in [0, 0.05) is 12.6 Å². The predicted octanol–water partition coefficient (Wildman–Crippen LogP) is 4.50. The lowest BCUT2D eigenvalue weighted by atomic mass is 10.3. The zero-order valence-corrected chi connectivity index (χ0v) is 21.0. The van der Waals surface area contributed by atoms with Gasteiger partial charge in [-0.15, -0.1) is 0 Å². The Balaban J connectivity index is 1.60. The molecule has 0 radical (unpaired) electrons. The van der Waals surface area contributed by atoms with Crippen LogP contribution >= 0.6 is 11.3 Å². The van der Waals surface area contributed by atoms with Crippen molar-refractivity contribution in [3.63, 3.8) is 0 Å². The van der Waals surface area contributed by atoms with Gasteiger partial charge in [-0.05, 0) is 55.5 Å². The molecule has 182 valence electrons. The number of sulfone groups is 1. The number of benzene rings is 2. The first-order chi connectivity index (χ1) is 16.9. The van der Waals surface area contributed by atoms with Crippen LogP contribution in [0.15, 0.2) is 71.8 Å². The second kappa shape index (κ2) is 10.8. The van der Waals surface area contributed by atoms with Gasteiger partial charge in [-0.3, -0.25) is 14.7 Å². The maximum Gasteiger partial charge on any atom is 0.230 e. The third-order valence-corrected chi connectivity index (χ3v) is 8.03. The van der Waals surface area contributed by atoms with Crippen LogP contribution in [-0.2, 0) is 21.2 Å². The third-order valence-electron chi connectivity index (χ3n) is 5.25. The summed E-state index contributed by atoms with van der Waals surface area (Å²) in [5, 5.41) is 0.463. The minimum atomic E-state index is -3.66. The quantitative estimate of drug-likeness (QED) is 0.309. The number of hydrogen-bond acceptors (Lipinski definition) is 8. The minimum Gasteiger partial charge on any atom is -0.497 e. The van der Waals surface area contributed by atoms with Crippen LogP contribution < -0.4 is 14.4 Å². The number of carbonyl (C=O) groups excluding carboxylic acids is 1. The molecule has 2 aromatic heterocycles. The number of para-hydroxylation sites is 1. The highest BCUT2D eigenvalue weighted by atomic mass is 32.2. The Bertz CT molecular complexity index is 1400. The lowest BCUT2D eigenvalue weighted by Gasteiger charge is -2.19. The number of nitrogens with zero attached hydrogens (tertiary/aromatic N) is 3. The molecule has 0 aliphatic rings. The summed E-state index contributed by atoms with van der Waals surface area (Å²) < 4.78 is 37.4. The summed E-state index contributed by atoms with van der Waals surface area (Å²) in [5.41, 5.74) is 1.34. The number of pyridine rings is 1. The zero-order valence-electron chi connectivity index (χ0n) is 19.4. The van der Waals surface area contributed by atoms with E-state index in [0.717, 1.165) is 4.70 Å². The standard InChI is InChI=1S/C25H25N3O5S2/c1-3-33-21-8-6-9-22-24(21)27-25(34-22)28(17-18-7-4-5-15-26-18)23(29)14-16-35(30,31)20-12-10-19(32-2)11-13-20/h4-13,15H,3,14,16-17H2,1-2H3. The first-order valence-electron chi connectivity index (χ1n) is 11.0. The van der Waals surface area contributed by atoms with Crippen molar-refractivity contribution in [3.05, 3.63) is 72.6 Å². The van der Waals surface area contributed by atoms with Crippen molar-refractivity contribution in [3.8, 4) is 11.5 Å². The summed E-state index contributed by atoms with van der Waals surface area (Å²) in [5.74, 6) is 0.514. The Hall–Kier alpha value is -3.50. The molecule has 1 amide bonds. The van der Waals surface area contributed by atoms with Crippen LogP contribution in [0.5, 0.6) is 11.5 Å². The van der Waals surface area contributed by atoms with Gasteiger partial charge < -0.3 is 9.47 Å². The van der Waals surface area contributed by atoms with Gasteiger partial charge in [0.05, 0.1) is 41.3 Å². The lowest BCUT2D eigenvalue weighted by molar-refractivity contribution is -0.118. The van der Waals surface area contributed by atoms with E-state index in [-0.39, 0.29) is 29.5 Å². The second-order valence-electron chi connectivity index (χ2n) is 7.58. The van der Waals surface area contributed by atoms with E-state index in [9.17, 15) is 13.2 Å². The van der Waals surface area contributed by atoms with Crippen molar-refractivity contribution in [2.45, 2.75) is 24.8 Å². The van der Waals surface area contributed by atoms with Crippen molar-refractivity contribution in [2.24, 2.45) is 0 Å². The molecule has 0 N–H and O–H groups in total. The van der Waals surface area contributed by atoms with Crippen molar-refractivity contribution in [1.82, 2.24) is 9.97 Å². The molecule has 0 saturated heterocycles. The van der Waals surface area contributed by atoms with E-state index in [0.29, 0.717) is 34.4 Å². The fourth-order valence-corrected chi connectivity index (χ4v) is 5.70. The van der Waals surface area contributed by atoms with Gasteiger partial charge in [0.25, 0.3) is 0 Å². The van der Waals surface area contributed by atoms with Gasteiger partial charge >= 0.3 is 0 Å². The van der Waals surface area contributed by atoms with Crippen molar-refractivity contribution in [1.29, 1.82) is 0 Å². The second-order valence-corrected chi connectivity index (χ2v) is 10.7. The molecule has 8 nitrogen and oxygen atoms in total. The van der Waals surface area contributed by atoms with Gasteiger partial charge in [-0.1, -0.05) is 23.5 Å². The molecule has 0 fully saturated rings. The molecule has 35 heavy (non-hydrogen) atoms. The van der Waals surface area contributed by atoms with Crippen LogP contribution in [0.4, 0.5) is 5.13 Å². The molecule has 4 rings (SSSR count).